The number of nitrogens with two attached hydrogens (primary N) is 1. The Morgan fingerprint density at radius 2 is 2.12 bits per heavy atom. The molecule has 1 unspecified atom stereocenters. The van der Waals surface area contributed by atoms with Gasteiger partial charge in [0.05, 0.1) is 39.8 Å². The molecule has 4 heteroatoms. The lowest BCUT2D eigenvalue weighted by Gasteiger charge is -2.09. The number of hydrogen-bond acceptors (Lipinski definition) is 3. The van der Waals surface area contributed by atoms with Gasteiger partial charge in [0.15, 0.2) is 0 Å². The Morgan fingerprint density at radius 1 is 1.44 bits per heavy atom. The average Bonchev–Trinajstić information content (AvgIpc) is 2.21. The second kappa shape index (κ2) is 6.01. The molecule has 1 atom stereocenters. The molecule has 1 rings (SSSR count). The lowest BCUT2D eigenvalue weighted by molar-refractivity contribution is 0.0916. The highest BCUT2D eigenvalue weighted by Gasteiger charge is 2.09. The zero-order valence-corrected chi connectivity index (χ0v) is 10.8. The molecule has 0 fully saturated rings. The molecule has 0 aliphatic heterocycles. The number of rotatable bonds is 5. The van der Waals surface area contributed by atoms with Crippen molar-refractivity contribution >= 4 is 16.5 Å². The smallest absolute Gasteiger partial charge is 0.0620 e. The van der Waals surface area contributed by atoms with Gasteiger partial charge < -0.3 is 10.5 Å². The van der Waals surface area contributed by atoms with Crippen LogP contribution in [0.5, 0.6) is 0 Å². The third-order valence-electron chi connectivity index (χ3n) is 2.25. The van der Waals surface area contributed by atoms with Gasteiger partial charge in [-0.1, -0.05) is 12.1 Å². The van der Waals surface area contributed by atoms with Crippen molar-refractivity contribution in [3.8, 4) is 0 Å². The van der Waals surface area contributed by atoms with Crippen LogP contribution in [0.15, 0.2) is 23.1 Å². The van der Waals surface area contributed by atoms with Gasteiger partial charge in [0, 0.05) is 0 Å². The molecule has 0 amide bonds. The fraction of sp³-hybridized carbons (Fsp3) is 0.500. The summed E-state index contributed by atoms with van der Waals surface area (Å²) in [7, 11) is -1.07. The van der Waals surface area contributed by atoms with Crippen molar-refractivity contribution in [2.75, 3.05) is 18.1 Å². The van der Waals surface area contributed by atoms with E-state index in [2.05, 4.69) is 0 Å². The van der Waals surface area contributed by atoms with Gasteiger partial charge in [-0.25, -0.2) is 0 Å². The maximum absolute atomic E-state index is 12.0. The van der Waals surface area contributed by atoms with Crippen LogP contribution in [-0.4, -0.2) is 22.7 Å². The van der Waals surface area contributed by atoms with Gasteiger partial charge in [-0.3, -0.25) is 4.21 Å². The van der Waals surface area contributed by atoms with Crippen molar-refractivity contribution in [3.63, 3.8) is 0 Å². The van der Waals surface area contributed by atoms with Crippen molar-refractivity contribution < 1.29 is 8.95 Å². The highest BCUT2D eigenvalue weighted by Crippen LogP contribution is 2.20. The number of anilines is 1. The van der Waals surface area contributed by atoms with Crippen molar-refractivity contribution in [2.24, 2.45) is 0 Å². The highest BCUT2D eigenvalue weighted by molar-refractivity contribution is 7.85. The van der Waals surface area contributed by atoms with E-state index in [0.29, 0.717) is 22.9 Å². The monoisotopic (exact) mass is 241 g/mol. The molecule has 90 valence electrons. The maximum atomic E-state index is 12.0. The van der Waals surface area contributed by atoms with Crippen LogP contribution in [0.3, 0.4) is 0 Å². The van der Waals surface area contributed by atoms with Crippen LogP contribution in [0, 0.1) is 6.92 Å². The minimum Gasteiger partial charge on any atom is -0.398 e. The first-order chi connectivity index (χ1) is 7.52. The second-order valence-electron chi connectivity index (χ2n) is 3.96. The molecule has 0 aliphatic rings. The van der Waals surface area contributed by atoms with E-state index in [4.69, 9.17) is 10.5 Å². The first-order valence-electron chi connectivity index (χ1n) is 5.37. The molecule has 1 aromatic rings. The summed E-state index contributed by atoms with van der Waals surface area (Å²) in [6.07, 6.45) is 0.173. The summed E-state index contributed by atoms with van der Waals surface area (Å²) in [5.41, 5.74) is 7.48. The molecule has 0 bridgehead atoms. The van der Waals surface area contributed by atoms with Crippen molar-refractivity contribution in [1.29, 1.82) is 0 Å². The Labute approximate surface area is 99.4 Å². The third-order valence-corrected chi connectivity index (χ3v) is 3.63. The lowest BCUT2D eigenvalue weighted by atomic mass is 10.2. The average molecular weight is 241 g/mol. The van der Waals surface area contributed by atoms with Gasteiger partial charge in [-0.05, 0) is 32.4 Å². The molecule has 2 N–H and O–H groups in total. The zero-order valence-electron chi connectivity index (χ0n) is 10.0. The highest BCUT2D eigenvalue weighted by atomic mass is 32.2. The first kappa shape index (κ1) is 13.2. The largest absolute Gasteiger partial charge is 0.398 e. The second-order valence-corrected chi connectivity index (χ2v) is 5.50. The Hall–Kier alpha value is -0.870. The Bertz CT molecular complexity index is 377. The quantitative estimate of drug-likeness (QED) is 0.803. The zero-order chi connectivity index (χ0) is 12.1. The SMILES string of the molecule is Cc1cccc(S(=O)CCOC(C)C)c1N. The normalized spacial score (nSPS) is 13.0. The minimum atomic E-state index is -1.07. The van der Waals surface area contributed by atoms with Gasteiger partial charge in [0.25, 0.3) is 0 Å². The first-order valence-corrected chi connectivity index (χ1v) is 6.69. The number of benzene rings is 1. The maximum Gasteiger partial charge on any atom is 0.0620 e. The topological polar surface area (TPSA) is 52.3 Å². The summed E-state index contributed by atoms with van der Waals surface area (Å²) in [4.78, 5) is 0.715. The number of aryl methyl sites for hydroxylation is 1. The number of ether oxygens (including phenoxy) is 1. The molecule has 0 spiro atoms. The van der Waals surface area contributed by atoms with Gasteiger partial charge in [0.1, 0.15) is 0 Å². The van der Waals surface area contributed by atoms with Crippen molar-refractivity contribution in [2.45, 2.75) is 31.8 Å². The summed E-state index contributed by atoms with van der Waals surface area (Å²) < 4.78 is 17.3. The molecule has 0 saturated heterocycles. The predicted octanol–water partition coefficient (Wildman–Crippen LogP) is 2.11. The Kier molecular flexibility index (Phi) is 4.96. The fourth-order valence-electron chi connectivity index (χ4n) is 1.32. The number of nitrogen functional groups attached to an aromatic ring is 1. The van der Waals surface area contributed by atoms with Gasteiger partial charge in [-0.15, -0.1) is 0 Å². The van der Waals surface area contributed by atoms with Crippen LogP contribution in [-0.2, 0) is 15.5 Å². The fourth-order valence-corrected chi connectivity index (χ4v) is 2.43. The van der Waals surface area contributed by atoms with Gasteiger partial charge in [-0.2, -0.15) is 0 Å². The summed E-state index contributed by atoms with van der Waals surface area (Å²) in [5.74, 6) is 0.492. The summed E-state index contributed by atoms with van der Waals surface area (Å²) in [6, 6.07) is 5.61. The number of para-hydroxylation sites is 1. The molecule has 0 saturated carbocycles. The molecular formula is C12H19NO2S. The van der Waals surface area contributed by atoms with Crippen LogP contribution in [0.4, 0.5) is 5.69 Å². The molecule has 0 heterocycles. The molecule has 1 aromatic carbocycles. The van der Waals surface area contributed by atoms with E-state index < -0.39 is 10.8 Å². The Balaban J connectivity index is 2.63. The molecular weight excluding hydrogens is 222 g/mol. The van der Waals surface area contributed by atoms with Gasteiger partial charge >= 0.3 is 0 Å². The molecule has 16 heavy (non-hydrogen) atoms. The number of hydrogen-bond donors (Lipinski definition) is 1. The van der Waals surface area contributed by atoms with E-state index in [-0.39, 0.29) is 6.10 Å². The summed E-state index contributed by atoms with van der Waals surface area (Å²) in [6.45, 7) is 6.34. The molecule has 3 nitrogen and oxygen atoms in total. The molecule has 0 aromatic heterocycles. The lowest BCUT2D eigenvalue weighted by Crippen LogP contribution is -2.12. The van der Waals surface area contributed by atoms with E-state index >= 15 is 0 Å². The van der Waals surface area contributed by atoms with E-state index in [0.717, 1.165) is 5.56 Å². The predicted molar refractivity (Wildman–Crippen MR) is 68.0 cm³/mol. The van der Waals surface area contributed by atoms with E-state index in [1.165, 1.54) is 0 Å². The van der Waals surface area contributed by atoms with Crippen LogP contribution in [0.1, 0.15) is 19.4 Å². The molecule has 0 aliphatic carbocycles. The summed E-state index contributed by atoms with van der Waals surface area (Å²) in [5, 5.41) is 0. The minimum absolute atomic E-state index is 0.173. The van der Waals surface area contributed by atoms with Crippen LogP contribution < -0.4 is 5.73 Å². The van der Waals surface area contributed by atoms with Crippen molar-refractivity contribution in [1.82, 2.24) is 0 Å². The molecule has 0 radical (unpaired) electrons. The van der Waals surface area contributed by atoms with Gasteiger partial charge in [0.2, 0.25) is 0 Å². The van der Waals surface area contributed by atoms with Crippen molar-refractivity contribution in [3.05, 3.63) is 23.8 Å². The third kappa shape index (κ3) is 3.61. The van der Waals surface area contributed by atoms with E-state index in [1.807, 2.05) is 39.0 Å². The Morgan fingerprint density at radius 3 is 2.75 bits per heavy atom. The van der Waals surface area contributed by atoms with Crippen LogP contribution >= 0.6 is 0 Å². The van der Waals surface area contributed by atoms with E-state index in [1.54, 1.807) is 0 Å². The standard InChI is InChI=1S/C12H19NO2S/c1-9(2)15-7-8-16(14)11-6-4-5-10(3)12(11)13/h4-6,9H,7-8,13H2,1-3H3. The van der Waals surface area contributed by atoms with Crippen LogP contribution in [0.2, 0.25) is 0 Å². The van der Waals surface area contributed by atoms with E-state index in [9.17, 15) is 4.21 Å². The summed E-state index contributed by atoms with van der Waals surface area (Å²) >= 11 is 0. The van der Waals surface area contributed by atoms with Crippen LogP contribution in [0.25, 0.3) is 0 Å².